The van der Waals surface area contributed by atoms with Crippen LogP contribution in [-0.2, 0) is 13.0 Å². The Morgan fingerprint density at radius 3 is 2.68 bits per heavy atom. The van der Waals surface area contributed by atoms with E-state index in [9.17, 15) is 4.79 Å². The summed E-state index contributed by atoms with van der Waals surface area (Å²) in [5.74, 6) is 0.00241. The number of rotatable bonds is 2. The summed E-state index contributed by atoms with van der Waals surface area (Å²) in [5, 5.41) is 2.98. The quantitative estimate of drug-likeness (QED) is 0.876. The molecule has 3 heteroatoms. The van der Waals surface area contributed by atoms with Gasteiger partial charge in [-0.05, 0) is 44.9 Å². The van der Waals surface area contributed by atoms with Crippen LogP contribution in [0.3, 0.4) is 0 Å². The van der Waals surface area contributed by atoms with Crippen molar-refractivity contribution in [2.24, 2.45) is 0 Å². The van der Waals surface area contributed by atoms with E-state index in [0.717, 1.165) is 30.6 Å². The van der Waals surface area contributed by atoms with Crippen LogP contribution < -0.4 is 5.32 Å². The monoisotopic (exact) mass is 254 g/mol. The molecule has 0 aliphatic carbocycles. The van der Waals surface area contributed by atoms with Gasteiger partial charge < -0.3 is 9.88 Å². The average Bonchev–Trinajstić information content (AvgIpc) is 2.97. The molecule has 0 bridgehead atoms. The van der Waals surface area contributed by atoms with Gasteiger partial charge in [0.25, 0.3) is 5.91 Å². The molecule has 98 valence electrons. The van der Waals surface area contributed by atoms with E-state index in [1.165, 1.54) is 17.0 Å². The van der Waals surface area contributed by atoms with Crippen LogP contribution in [0.5, 0.6) is 0 Å². The van der Waals surface area contributed by atoms with Gasteiger partial charge in [-0.1, -0.05) is 17.7 Å². The molecule has 0 saturated heterocycles. The molecule has 2 heterocycles. The van der Waals surface area contributed by atoms with E-state index in [1.807, 2.05) is 37.3 Å². The minimum atomic E-state index is 0.00241. The lowest BCUT2D eigenvalue weighted by Gasteiger charge is -2.06. The third-order valence-electron chi connectivity index (χ3n) is 3.77. The molecule has 1 amide bonds. The molecule has 19 heavy (non-hydrogen) atoms. The maximum absolute atomic E-state index is 12.3. The van der Waals surface area contributed by atoms with Crippen LogP contribution in [-0.4, -0.2) is 10.5 Å². The zero-order valence-corrected chi connectivity index (χ0v) is 11.4. The van der Waals surface area contributed by atoms with Gasteiger partial charge in [0, 0.05) is 23.6 Å². The minimum Gasteiger partial charge on any atom is -0.348 e. The van der Waals surface area contributed by atoms with E-state index in [2.05, 4.69) is 16.8 Å². The molecule has 0 radical (unpaired) electrons. The summed E-state index contributed by atoms with van der Waals surface area (Å²) in [6.45, 7) is 5.14. The molecule has 0 atom stereocenters. The third kappa shape index (κ3) is 2.16. The van der Waals surface area contributed by atoms with Crippen molar-refractivity contribution in [3.05, 3.63) is 52.8 Å². The Bertz CT molecular complexity index is 623. The normalized spacial score (nSPS) is 13.4. The molecule has 1 aromatic heterocycles. The molecule has 2 aromatic rings. The minimum absolute atomic E-state index is 0.00241. The van der Waals surface area contributed by atoms with Crippen molar-refractivity contribution >= 4 is 11.6 Å². The van der Waals surface area contributed by atoms with E-state index in [-0.39, 0.29) is 5.91 Å². The number of amides is 1. The van der Waals surface area contributed by atoms with E-state index in [0.29, 0.717) is 0 Å². The van der Waals surface area contributed by atoms with Crippen LogP contribution in [0.1, 0.15) is 33.7 Å². The average molecular weight is 254 g/mol. The smallest absolute Gasteiger partial charge is 0.257 e. The van der Waals surface area contributed by atoms with E-state index in [1.54, 1.807) is 0 Å². The first-order chi connectivity index (χ1) is 9.15. The molecule has 0 spiro atoms. The fourth-order valence-corrected chi connectivity index (χ4v) is 2.75. The van der Waals surface area contributed by atoms with Crippen LogP contribution in [0.15, 0.2) is 30.3 Å². The number of aryl methyl sites for hydroxylation is 2. The van der Waals surface area contributed by atoms with Crippen LogP contribution in [0.4, 0.5) is 5.69 Å². The van der Waals surface area contributed by atoms with Crippen LogP contribution in [0.25, 0.3) is 0 Å². The first kappa shape index (κ1) is 12.0. The lowest BCUT2D eigenvalue weighted by molar-refractivity contribution is 0.102. The van der Waals surface area contributed by atoms with Crippen molar-refractivity contribution in [2.75, 3.05) is 5.32 Å². The van der Waals surface area contributed by atoms with Crippen molar-refractivity contribution in [1.29, 1.82) is 0 Å². The van der Waals surface area contributed by atoms with Gasteiger partial charge in [-0.15, -0.1) is 0 Å². The Kier molecular flexibility index (Phi) is 2.90. The number of aromatic nitrogens is 1. The number of fused-ring (bicyclic) bond motifs is 1. The molecular formula is C16H18N2O. The zero-order valence-electron chi connectivity index (χ0n) is 11.4. The fraction of sp³-hybridized carbons (Fsp3) is 0.312. The maximum atomic E-state index is 12.3. The van der Waals surface area contributed by atoms with Gasteiger partial charge in [-0.3, -0.25) is 4.79 Å². The van der Waals surface area contributed by atoms with Gasteiger partial charge in [-0.25, -0.2) is 0 Å². The van der Waals surface area contributed by atoms with Gasteiger partial charge in [-0.2, -0.15) is 0 Å². The molecule has 1 aromatic carbocycles. The van der Waals surface area contributed by atoms with Crippen LogP contribution >= 0.6 is 0 Å². The topological polar surface area (TPSA) is 34.0 Å². The fourth-order valence-electron chi connectivity index (χ4n) is 2.75. The van der Waals surface area contributed by atoms with Crippen molar-refractivity contribution in [2.45, 2.75) is 33.2 Å². The predicted molar refractivity (Wildman–Crippen MR) is 76.6 cm³/mol. The van der Waals surface area contributed by atoms with E-state index >= 15 is 0 Å². The highest BCUT2D eigenvalue weighted by atomic mass is 16.1. The number of hydrogen-bond acceptors (Lipinski definition) is 1. The number of carbonyl (C=O) groups is 1. The second-order valence-electron chi connectivity index (χ2n) is 5.22. The summed E-state index contributed by atoms with van der Waals surface area (Å²) in [6.07, 6.45) is 2.15. The van der Waals surface area contributed by atoms with Crippen molar-refractivity contribution < 1.29 is 4.79 Å². The Morgan fingerprint density at radius 2 is 1.95 bits per heavy atom. The van der Waals surface area contributed by atoms with Crippen LogP contribution in [0, 0.1) is 13.8 Å². The first-order valence-electron chi connectivity index (χ1n) is 6.72. The highest BCUT2D eigenvalue weighted by Crippen LogP contribution is 2.24. The van der Waals surface area contributed by atoms with Crippen LogP contribution in [0.2, 0.25) is 0 Å². The third-order valence-corrected chi connectivity index (χ3v) is 3.77. The van der Waals surface area contributed by atoms with Crippen molar-refractivity contribution in [1.82, 2.24) is 4.57 Å². The molecule has 1 aliphatic rings. The lowest BCUT2D eigenvalue weighted by Crippen LogP contribution is -2.13. The molecule has 0 fully saturated rings. The Labute approximate surface area is 113 Å². The number of anilines is 1. The van der Waals surface area contributed by atoms with Crippen molar-refractivity contribution in [3.8, 4) is 0 Å². The predicted octanol–water partition coefficient (Wildman–Crippen LogP) is 3.30. The van der Waals surface area contributed by atoms with Crippen molar-refractivity contribution in [3.63, 3.8) is 0 Å². The van der Waals surface area contributed by atoms with Gasteiger partial charge in [0.15, 0.2) is 0 Å². The van der Waals surface area contributed by atoms with Gasteiger partial charge >= 0.3 is 0 Å². The number of benzene rings is 1. The number of nitrogens with one attached hydrogen (secondary N) is 1. The second-order valence-corrected chi connectivity index (χ2v) is 5.22. The standard InChI is InChI=1S/C16H18N2O/c1-11-5-7-13(8-6-11)17-16(19)14-10-12(2)18-9-3-4-15(14)18/h5-8,10H,3-4,9H2,1-2H3,(H,17,19). The highest BCUT2D eigenvalue weighted by molar-refractivity contribution is 6.05. The number of carbonyl (C=O) groups excluding carboxylic acids is 1. The Hall–Kier alpha value is -2.03. The SMILES string of the molecule is Cc1ccc(NC(=O)c2cc(C)n3c2CCC3)cc1. The largest absolute Gasteiger partial charge is 0.348 e. The summed E-state index contributed by atoms with van der Waals surface area (Å²) in [4.78, 5) is 12.3. The van der Waals surface area contributed by atoms with Gasteiger partial charge in [0.05, 0.1) is 5.56 Å². The maximum Gasteiger partial charge on any atom is 0.257 e. The first-order valence-corrected chi connectivity index (χ1v) is 6.72. The van der Waals surface area contributed by atoms with E-state index in [4.69, 9.17) is 0 Å². The lowest BCUT2D eigenvalue weighted by atomic mass is 10.1. The summed E-state index contributed by atoms with van der Waals surface area (Å²) in [7, 11) is 0. The Morgan fingerprint density at radius 1 is 1.21 bits per heavy atom. The molecule has 3 rings (SSSR count). The highest BCUT2D eigenvalue weighted by Gasteiger charge is 2.21. The molecule has 1 aliphatic heterocycles. The molecule has 1 N–H and O–H groups in total. The zero-order chi connectivity index (χ0) is 13.4. The summed E-state index contributed by atoms with van der Waals surface area (Å²) in [5.41, 5.74) is 5.24. The summed E-state index contributed by atoms with van der Waals surface area (Å²) >= 11 is 0. The van der Waals surface area contributed by atoms with E-state index < -0.39 is 0 Å². The summed E-state index contributed by atoms with van der Waals surface area (Å²) < 4.78 is 2.25. The summed E-state index contributed by atoms with van der Waals surface area (Å²) in [6, 6.07) is 9.89. The molecule has 0 unspecified atom stereocenters. The Balaban J connectivity index is 1.85. The number of hydrogen-bond donors (Lipinski definition) is 1. The molecule has 3 nitrogen and oxygen atoms in total. The molecular weight excluding hydrogens is 236 g/mol. The molecule has 0 saturated carbocycles. The number of nitrogens with zero attached hydrogens (tertiary/aromatic N) is 1. The van der Waals surface area contributed by atoms with Gasteiger partial charge in [0.2, 0.25) is 0 Å². The second kappa shape index (κ2) is 4.57. The van der Waals surface area contributed by atoms with Gasteiger partial charge in [0.1, 0.15) is 0 Å².